The molecule has 0 aliphatic rings. The third-order valence-corrected chi connectivity index (χ3v) is 3.37. The normalized spacial score (nSPS) is 12.0. The third-order valence-electron chi connectivity index (χ3n) is 3.37. The maximum Gasteiger partial charge on any atom is 0.141 e. The first-order chi connectivity index (χ1) is 9.63. The highest BCUT2D eigenvalue weighted by Crippen LogP contribution is 2.30. The Hall–Kier alpha value is -2.03. The number of benzene rings is 2. The number of rotatable bonds is 5. The van der Waals surface area contributed by atoms with Crippen LogP contribution >= 0.6 is 0 Å². The molecule has 2 aromatic carbocycles. The zero-order valence-electron chi connectivity index (χ0n) is 12.1. The Morgan fingerprint density at radius 1 is 1.15 bits per heavy atom. The lowest BCUT2D eigenvalue weighted by Crippen LogP contribution is -2.10. The maximum absolute atomic E-state index is 13.0. The molecular formula is C17H20FNO. The first-order valence-electron chi connectivity index (χ1n) is 6.80. The van der Waals surface area contributed by atoms with Gasteiger partial charge in [0.25, 0.3) is 0 Å². The highest BCUT2D eigenvalue weighted by Gasteiger charge is 2.12. The zero-order valence-corrected chi connectivity index (χ0v) is 12.1. The Balaban J connectivity index is 2.26. The second-order valence-corrected chi connectivity index (χ2v) is 4.86. The van der Waals surface area contributed by atoms with E-state index in [1.54, 1.807) is 7.11 Å². The Morgan fingerprint density at radius 2 is 1.85 bits per heavy atom. The van der Waals surface area contributed by atoms with Gasteiger partial charge in [0.1, 0.15) is 11.6 Å². The molecule has 1 N–H and O–H groups in total. The molecule has 3 heteroatoms. The van der Waals surface area contributed by atoms with Crippen molar-refractivity contribution >= 4 is 5.69 Å². The van der Waals surface area contributed by atoms with E-state index in [0.29, 0.717) is 0 Å². The van der Waals surface area contributed by atoms with Crippen LogP contribution in [0.2, 0.25) is 0 Å². The SMILES string of the molecule is CCC(Nc1cc(C)ccc1OC)c1ccc(F)cc1. The Morgan fingerprint density at radius 3 is 2.45 bits per heavy atom. The number of aryl methyl sites for hydroxylation is 1. The molecule has 0 radical (unpaired) electrons. The van der Waals surface area contributed by atoms with Crippen LogP contribution in [0.3, 0.4) is 0 Å². The summed E-state index contributed by atoms with van der Waals surface area (Å²) in [4.78, 5) is 0. The summed E-state index contributed by atoms with van der Waals surface area (Å²) in [5.41, 5.74) is 3.20. The number of hydrogen-bond donors (Lipinski definition) is 1. The van der Waals surface area contributed by atoms with E-state index >= 15 is 0 Å². The van der Waals surface area contributed by atoms with Gasteiger partial charge >= 0.3 is 0 Å². The molecule has 20 heavy (non-hydrogen) atoms. The fourth-order valence-corrected chi connectivity index (χ4v) is 2.24. The van der Waals surface area contributed by atoms with Crippen LogP contribution in [0.1, 0.15) is 30.5 Å². The number of anilines is 1. The smallest absolute Gasteiger partial charge is 0.141 e. The van der Waals surface area contributed by atoms with Gasteiger partial charge < -0.3 is 10.1 Å². The number of methoxy groups -OCH3 is 1. The van der Waals surface area contributed by atoms with Gasteiger partial charge in [0.05, 0.1) is 18.8 Å². The molecular weight excluding hydrogens is 253 g/mol. The first kappa shape index (κ1) is 14.4. The van der Waals surface area contributed by atoms with Crippen LogP contribution in [-0.2, 0) is 0 Å². The Labute approximate surface area is 119 Å². The molecule has 0 saturated heterocycles. The summed E-state index contributed by atoms with van der Waals surface area (Å²) < 4.78 is 18.4. The third kappa shape index (κ3) is 3.29. The lowest BCUT2D eigenvalue weighted by molar-refractivity contribution is 0.416. The summed E-state index contributed by atoms with van der Waals surface area (Å²) in [5, 5.41) is 3.48. The molecule has 0 amide bonds. The highest BCUT2D eigenvalue weighted by atomic mass is 19.1. The predicted octanol–water partition coefficient (Wildman–Crippen LogP) is 4.71. The molecule has 106 valence electrons. The monoisotopic (exact) mass is 273 g/mol. The topological polar surface area (TPSA) is 21.3 Å². The van der Waals surface area contributed by atoms with Crippen LogP contribution in [0.4, 0.5) is 10.1 Å². The quantitative estimate of drug-likeness (QED) is 0.852. The van der Waals surface area contributed by atoms with Gasteiger partial charge in [0.15, 0.2) is 0 Å². The summed E-state index contributed by atoms with van der Waals surface area (Å²) >= 11 is 0. The van der Waals surface area contributed by atoms with Gasteiger partial charge in [0, 0.05) is 0 Å². The number of nitrogens with one attached hydrogen (secondary N) is 1. The Kier molecular flexibility index (Phi) is 4.61. The van der Waals surface area contributed by atoms with Gasteiger partial charge in [-0.1, -0.05) is 25.1 Å². The summed E-state index contributed by atoms with van der Waals surface area (Å²) in [7, 11) is 1.66. The van der Waals surface area contributed by atoms with E-state index in [9.17, 15) is 4.39 Å². The first-order valence-corrected chi connectivity index (χ1v) is 6.80. The minimum atomic E-state index is -0.211. The molecule has 0 saturated carbocycles. The predicted molar refractivity (Wildman–Crippen MR) is 80.8 cm³/mol. The van der Waals surface area contributed by atoms with Crippen molar-refractivity contribution in [2.45, 2.75) is 26.3 Å². The molecule has 1 unspecified atom stereocenters. The molecule has 0 bridgehead atoms. The van der Waals surface area contributed by atoms with Gasteiger partial charge in [-0.25, -0.2) is 4.39 Å². The molecule has 1 atom stereocenters. The molecule has 0 aliphatic heterocycles. The molecule has 0 aromatic heterocycles. The molecule has 0 fully saturated rings. The second-order valence-electron chi connectivity index (χ2n) is 4.86. The largest absolute Gasteiger partial charge is 0.495 e. The van der Waals surface area contributed by atoms with Crippen LogP contribution in [-0.4, -0.2) is 7.11 Å². The zero-order chi connectivity index (χ0) is 14.5. The van der Waals surface area contributed by atoms with Crippen molar-refractivity contribution in [1.82, 2.24) is 0 Å². The van der Waals surface area contributed by atoms with Crippen molar-refractivity contribution in [3.05, 3.63) is 59.4 Å². The number of hydrogen-bond acceptors (Lipinski definition) is 2. The summed E-state index contributed by atoms with van der Waals surface area (Å²) in [6.45, 7) is 4.15. The van der Waals surface area contributed by atoms with Crippen LogP contribution in [0, 0.1) is 12.7 Å². The summed E-state index contributed by atoms with van der Waals surface area (Å²) in [6, 6.07) is 12.8. The van der Waals surface area contributed by atoms with Crippen molar-refractivity contribution < 1.29 is 9.13 Å². The van der Waals surface area contributed by atoms with Crippen molar-refractivity contribution in [2.75, 3.05) is 12.4 Å². The van der Waals surface area contributed by atoms with Gasteiger partial charge in [-0.05, 0) is 48.7 Å². The van der Waals surface area contributed by atoms with E-state index in [1.165, 1.54) is 17.7 Å². The molecule has 0 heterocycles. The average Bonchev–Trinajstić information content (AvgIpc) is 2.46. The standard InChI is InChI=1S/C17H20FNO/c1-4-15(13-6-8-14(18)9-7-13)19-16-11-12(2)5-10-17(16)20-3/h5-11,15,19H,4H2,1-3H3. The van der Waals surface area contributed by atoms with Gasteiger partial charge in [-0.3, -0.25) is 0 Å². The molecule has 0 aliphatic carbocycles. The molecule has 2 aromatic rings. The highest BCUT2D eigenvalue weighted by molar-refractivity contribution is 5.59. The van der Waals surface area contributed by atoms with Gasteiger partial charge in [-0.2, -0.15) is 0 Å². The van der Waals surface area contributed by atoms with E-state index < -0.39 is 0 Å². The molecule has 2 nitrogen and oxygen atoms in total. The van der Waals surface area contributed by atoms with Crippen LogP contribution in [0.15, 0.2) is 42.5 Å². The van der Waals surface area contributed by atoms with Crippen LogP contribution < -0.4 is 10.1 Å². The Bertz CT molecular complexity index is 566. The van der Waals surface area contributed by atoms with Crippen molar-refractivity contribution in [1.29, 1.82) is 0 Å². The van der Waals surface area contributed by atoms with Crippen LogP contribution in [0.25, 0.3) is 0 Å². The minimum Gasteiger partial charge on any atom is -0.495 e. The second kappa shape index (κ2) is 6.42. The fourth-order valence-electron chi connectivity index (χ4n) is 2.24. The van der Waals surface area contributed by atoms with E-state index in [0.717, 1.165) is 23.4 Å². The van der Waals surface area contributed by atoms with E-state index in [1.807, 2.05) is 31.2 Å². The van der Waals surface area contributed by atoms with Crippen LogP contribution in [0.5, 0.6) is 5.75 Å². The summed E-state index contributed by atoms with van der Waals surface area (Å²) in [6.07, 6.45) is 0.905. The van der Waals surface area contributed by atoms with E-state index in [-0.39, 0.29) is 11.9 Å². The van der Waals surface area contributed by atoms with E-state index in [4.69, 9.17) is 4.74 Å². The van der Waals surface area contributed by atoms with Crippen molar-refractivity contribution in [2.24, 2.45) is 0 Å². The lowest BCUT2D eigenvalue weighted by Gasteiger charge is -2.21. The molecule has 2 rings (SSSR count). The fraction of sp³-hybridized carbons (Fsp3) is 0.294. The number of halogens is 1. The average molecular weight is 273 g/mol. The molecule has 0 spiro atoms. The lowest BCUT2D eigenvalue weighted by atomic mass is 10.0. The van der Waals surface area contributed by atoms with Gasteiger partial charge in [-0.15, -0.1) is 0 Å². The van der Waals surface area contributed by atoms with Crippen molar-refractivity contribution in [3.8, 4) is 5.75 Å². The minimum absolute atomic E-state index is 0.131. The number of ether oxygens (including phenoxy) is 1. The van der Waals surface area contributed by atoms with Gasteiger partial charge in [0.2, 0.25) is 0 Å². The van der Waals surface area contributed by atoms with Crippen molar-refractivity contribution in [3.63, 3.8) is 0 Å². The summed E-state index contributed by atoms with van der Waals surface area (Å²) in [5.74, 6) is 0.605. The van der Waals surface area contributed by atoms with E-state index in [2.05, 4.69) is 18.3 Å². The maximum atomic E-state index is 13.0.